The second-order valence-electron chi connectivity index (χ2n) is 10.1. The maximum Gasteiger partial charge on any atom is 0.287 e. The third kappa shape index (κ3) is 5.10. The Hall–Kier alpha value is -4.59. The van der Waals surface area contributed by atoms with E-state index in [4.69, 9.17) is 15.2 Å². The van der Waals surface area contributed by atoms with Crippen molar-refractivity contribution in [2.45, 2.75) is 55.5 Å². The number of halogens is 2. The highest BCUT2D eigenvalue weighted by molar-refractivity contribution is 6.01. The molecule has 1 aromatic heterocycles. The van der Waals surface area contributed by atoms with Crippen molar-refractivity contribution in [3.8, 4) is 17.2 Å². The van der Waals surface area contributed by atoms with Crippen molar-refractivity contribution in [1.82, 2.24) is 10.6 Å². The number of carbonyl (C=O) groups excluding carboxylic acids is 2. The standard InChI is InChI=1S/C28H26F2N6O3/c29-28(30)11-9-27(10-12-28,25(38)35-26(15-31)7-8-26)34-24(37)23-14-20-2-1-19(13-22(20)39-23)18-3-5-21(6-4-18)36(16-32)17-33/h1-6,13-14,16-17,32-33H,7-12H2,(H,34,37)(H,35,38). The Bertz CT molecular complexity index is 1490. The minimum Gasteiger partial charge on any atom is -0.451 e. The SMILES string of the molecule is N#CC1(NC(=O)C2(NC(=O)c3cc4ccc(-c5ccc(N(C=N)C=N)cc5)cc4o3)CCC(F)(F)CC2)CC1. The zero-order valence-corrected chi connectivity index (χ0v) is 20.9. The molecule has 3 aromatic rings. The summed E-state index contributed by atoms with van der Waals surface area (Å²) in [5.74, 6) is -4.31. The van der Waals surface area contributed by atoms with E-state index in [1.165, 1.54) is 11.0 Å². The fourth-order valence-corrected chi connectivity index (χ4v) is 4.79. The molecule has 0 spiro atoms. The van der Waals surface area contributed by atoms with Gasteiger partial charge in [-0.3, -0.25) is 25.3 Å². The fourth-order valence-electron chi connectivity index (χ4n) is 4.79. The van der Waals surface area contributed by atoms with Gasteiger partial charge in [0.15, 0.2) is 5.76 Å². The summed E-state index contributed by atoms with van der Waals surface area (Å²) in [6.45, 7) is 0. The Balaban J connectivity index is 1.38. The van der Waals surface area contributed by atoms with Gasteiger partial charge in [0.2, 0.25) is 11.8 Å². The first-order valence-corrected chi connectivity index (χ1v) is 12.5. The average molecular weight is 533 g/mol. The highest BCUT2D eigenvalue weighted by atomic mass is 19.3. The van der Waals surface area contributed by atoms with E-state index in [1.807, 2.05) is 18.2 Å². The Morgan fingerprint density at radius 2 is 1.56 bits per heavy atom. The van der Waals surface area contributed by atoms with Crippen LogP contribution in [0.4, 0.5) is 14.5 Å². The van der Waals surface area contributed by atoms with Gasteiger partial charge in [-0.15, -0.1) is 0 Å². The minimum absolute atomic E-state index is 0.0592. The zero-order valence-electron chi connectivity index (χ0n) is 20.9. The van der Waals surface area contributed by atoms with Gasteiger partial charge in [0, 0.05) is 23.9 Å². The molecule has 2 aliphatic carbocycles. The summed E-state index contributed by atoms with van der Waals surface area (Å²) >= 11 is 0. The first-order chi connectivity index (χ1) is 18.6. The van der Waals surface area contributed by atoms with Crippen LogP contribution in [0, 0.1) is 22.1 Å². The lowest BCUT2D eigenvalue weighted by Crippen LogP contribution is -2.62. The van der Waals surface area contributed by atoms with Crippen LogP contribution in [0.25, 0.3) is 22.1 Å². The van der Waals surface area contributed by atoms with E-state index in [0.717, 1.165) is 23.8 Å². The Morgan fingerprint density at radius 1 is 0.923 bits per heavy atom. The number of rotatable bonds is 8. The quantitative estimate of drug-likeness (QED) is 0.239. The number of alkyl halides is 2. The third-order valence-corrected chi connectivity index (χ3v) is 7.46. The van der Waals surface area contributed by atoms with Crippen molar-refractivity contribution in [3.05, 3.63) is 54.3 Å². The molecule has 39 heavy (non-hydrogen) atoms. The number of carbonyl (C=O) groups is 2. The summed E-state index contributed by atoms with van der Waals surface area (Å²) in [7, 11) is 0. The maximum atomic E-state index is 14.0. The van der Waals surface area contributed by atoms with Crippen LogP contribution >= 0.6 is 0 Å². The van der Waals surface area contributed by atoms with Crippen molar-refractivity contribution in [2.75, 3.05) is 4.90 Å². The van der Waals surface area contributed by atoms with Gasteiger partial charge in [-0.1, -0.05) is 24.3 Å². The summed E-state index contributed by atoms with van der Waals surface area (Å²) in [4.78, 5) is 27.8. The third-order valence-electron chi connectivity index (χ3n) is 7.46. The molecule has 0 bridgehead atoms. The van der Waals surface area contributed by atoms with E-state index in [0.29, 0.717) is 29.5 Å². The molecular weight excluding hydrogens is 506 g/mol. The van der Waals surface area contributed by atoms with Crippen molar-refractivity contribution < 1.29 is 22.8 Å². The van der Waals surface area contributed by atoms with Crippen molar-refractivity contribution in [1.29, 1.82) is 16.1 Å². The van der Waals surface area contributed by atoms with Crippen LogP contribution < -0.4 is 15.5 Å². The highest BCUT2D eigenvalue weighted by Gasteiger charge is 2.53. The number of nitrogens with one attached hydrogen (secondary N) is 4. The molecule has 11 heteroatoms. The van der Waals surface area contributed by atoms with Gasteiger partial charge in [-0.25, -0.2) is 8.78 Å². The molecule has 0 atom stereocenters. The summed E-state index contributed by atoms with van der Waals surface area (Å²) in [6, 6.07) is 16.2. The number of amides is 2. The average Bonchev–Trinajstić information content (AvgIpc) is 3.57. The molecule has 200 valence electrons. The van der Waals surface area contributed by atoms with Gasteiger partial charge >= 0.3 is 0 Å². The molecule has 0 radical (unpaired) electrons. The largest absolute Gasteiger partial charge is 0.451 e. The normalized spacial score (nSPS) is 18.4. The van der Waals surface area contributed by atoms with E-state index in [1.54, 1.807) is 24.3 Å². The topological polar surface area (TPSA) is 146 Å². The molecule has 5 rings (SSSR count). The first kappa shape index (κ1) is 26.0. The van der Waals surface area contributed by atoms with Crippen molar-refractivity contribution in [2.24, 2.45) is 0 Å². The van der Waals surface area contributed by atoms with Crippen LogP contribution in [0.5, 0.6) is 0 Å². The molecule has 2 amide bonds. The van der Waals surface area contributed by atoms with Gasteiger partial charge in [0.25, 0.3) is 5.91 Å². The number of furan rings is 1. The number of hydrogen-bond donors (Lipinski definition) is 4. The molecule has 9 nitrogen and oxygen atoms in total. The number of nitrogens with zero attached hydrogens (tertiary/aromatic N) is 2. The predicted octanol–water partition coefficient (Wildman–Crippen LogP) is 4.97. The molecule has 0 unspecified atom stereocenters. The summed E-state index contributed by atoms with van der Waals surface area (Å²) in [5, 5.41) is 30.1. The Morgan fingerprint density at radius 3 is 2.15 bits per heavy atom. The zero-order chi connectivity index (χ0) is 27.8. The Kier molecular flexibility index (Phi) is 6.42. The van der Waals surface area contributed by atoms with Gasteiger partial charge in [-0.2, -0.15) is 5.26 Å². The molecular formula is C28H26F2N6O3. The van der Waals surface area contributed by atoms with Crippen molar-refractivity contribution >= 4 is 41.1 Å². The fraction of sp³-hybridized carbons (Fsp3) is 0.321. The van der Waals surface area contributed by atoms with Crippen LogP contribution in [-0.2, 0) is 4.79 Å². The minimum atomic E-state index is -2.92. The summed E-state index contributed by atoms with van der Waals surface area (Å²) in [6.07, 6.45) is 1.40. The molecule has 0 saturated heterocycles. The smallest absolute Gasteiger partial charge is 0.287 e. The number of nitriles is 1. The molecule has 0 aliphatic heterocycles. The van der Waals surface area contributed by atoms with Crippen LogP contribution in [-0.4, -0.2) is 41.5 Å². The lowest BCUT2D eigenvalue weighted by atomic mass is 9.78. The van der Waals surface area contributed by atoms with E-state index in [9.17, 15) is 23.6 Å². The number of fused-ring (bicyclic) bond motifs is 1. The number of hydrogen-bond acceptors (Lipinski definition) is 6. The molecule has 4 N–H and O–H groups in total. The summed E-state index contributed by atoms with van der Waals surface area (Å²) < 4.78 is 33.7. The van der Waals surface area contributed by atoms with Crippen molar-refractivity contribution in [3.63, 3.8) is 0 Å². The van der Waals surface area contributed by atoms with Crippen LogP contribution in [0.3, 0.4) is 0 Å². The monoisotopic (exact) mass is 532 g/mol. The van der Waals surface area contributed by atoms with Gasteiger partial charge in [0.05, 0.1) is 18.7 Å². The second kappa shape index (κ2) is 9.62. The van der Waals surface area contributed by atoms with E-state index >= 15 is 0 Å². The number of anilines is 1. The second-order valence-corrected chi connectivity index (χ2v) is 10.1. The predicted molar refractivity (Wildman–Crippen MR) is 141 cm³/mol. The lowest BCUT2D eigenvalue weighted by molar-refractivity contribution is -0.133. The van der Waals surface area contributed by atoms with Crippen LogP contribution in [0.15, 0.2) is 52.9 Å². The van der Waals surface area contributed by atoms with E-state index in [2.05, 4.69) is 16.7 Å². The maximum absolute atomic E-state index is 14.0. The molecule has 2 saturated carbocycles. The molecule has 2 fully saturated rings. The molecule has 1 heterocycles. The molecule has 2 aromatic carbocycles. The lowest BCUT2D eigenvalue weighted by Gasteiger charge is -2.39. The Labute approximate surface area is 222 Å². The van der Waals surface area contributed by atoms with Gasteiger partial charge < -0.3 is 15.1 Å². The highest BCUT2D eigenvalue weighted by Crippen LogP contribution is 2.41. The van der Waals surface area contributed by atoms with Crippen LogP contribution in [0.2, 0.25) is 0 Å². The summed E-state index contributed by atoms with van der Waals surface area (Å²) in [5.41, 5.74) is 0.171. The first-order valence-electron chi connectivity index (χ1n) is 12.5. The van der Waals surface area contributed by atoms with E-state index < -0.39 is 41.7 Å². The van der Waals surface area contributed by atoms with E-state index in [-0.39, 0.29) is 18.6 Å². The molecule has 2 aliphatic rings. The van der Waals surface area contributed by atoms with Gasteiger partial charge in [-0.05, 0) is 61.1 Å². The number of benzene rings is 2. The van der Waals surface area contributed by atoms with Gasteiger partial charge in [0.1, 0.15) is 16.7 Å². The van der Waals surface area contributed by atoms with Crippen LogP contribution in [0.1, 0.15) is 49.1 Å².